The summed E-state index contributed by atoms with van der Waals surface area (Å²) < 4.78 is 4.89. The van der Waals surface area contributed by atoms with Gasteiger partial charge in [-0.1, -0.05) is 34.7 Å². The summed E-state index contributed by atoms with van der Waals surface area (Å²) in [7, 11) is 0. The van der Waals surface area contributed by atoms with Crippen LogP contribution in [0.5, 0.6) is 0 Å². The second-order valence-corrected chi connectivity index (χ2v) is 4.50. The van der Waals surface area contributed by atoms with Gasteiger partial charge in [0, 0.05) is 0 Å². The molecule has 0 N–H and O–H groups in total. The molecule has 0 amide bonds. The van der Waals surface area contributed by atoms with Gasteiger partial charge in [-0.3, -0.25) is 0 Å². The van der Waals surface area contributed by atoms with Crippen LogP contribution < -0.4 is 0 Å². The third-order valence-corrected chi connectivity index (χ3v) is 2.92. The molecule has 0 fully saturated rings. The Balaban J connectivity index is 2.82. The molecule has 0 aromatic carbocycles. The monoisotopic (exact) mass is 278 g/mol. The number of aldehydes is 1. The zero-order valence-electron chi connectivity index (χ0n) is 6.92. The molecule has 0 aromatic rings. The fourth-order valence-corrected chi connectivity index (χ4v) is 1.65. The normalized spacial score (nSPS) is 28.0. The predicted molar refractivity (Wildman–Crippen MR) is 56.3 cm³/mol. The highest BCUT2D eigenvalue weighted by atomic mass is 127. The minimum Gasteiger partial charge on any atom is -0.496 e. The molecule has 0 bridgehead atoms. The smallest absolute Gasteiger partial charge is 0.143 e. The van der Waals surface area contributed by atoms with Crippen molar-refractivity contribution >= 4 is 28.9 Å². The van der Waals surface area contributed by atoms with Crippen molar-refractivity contribution in [2.45, 2.75) is 16.8 Å². The third-order valence-electron chi connectivity index (χ3n) is 1.69. The van der Waals surface area contributed by atoms with Gasteiger partial charge in [0.15, 0.2) is 0 Å². The van der Waals surface area contributed by atoms with E-state index in [1.165, 1.54) is 0 Å². The minimum atomic E-state index is -0.470. The van der Waals surface area contributed by atoms with E-state index in [1.807, 2.05) is 25.2 Å². The summed E-state index contributed by atoms with van der Waals surface area (Å²) in [5.74, 6) is 0.767. The highest BCUT2D eigenvalue weighted by molar-refractivity contribution is 14.1. The maximum absolute atomic E-state index is 10.8. The van der Waals surface area contributed by atoms with Gasteiger partial charge in [-0.25, -0.2) is 0 Å². The maximum atomic E-state index is 10.8. The molecule has 12 heavy (non-hydrogen) atoms. The van der Waals surface area contributed by atoms with Gasteiger partial charge in [-0.15, -0.1) is 0 Å². The van der Waals surface area contributed by atoms with Crippen molar-refractivity contribution in [3.05, 3.63) is 24.0 Å². The first-order valence-corrected chi connectivity index (χ1v) is 4.96. The summed E-state index contributed by atoms with van der Waals surface area (Å²) in [6, 6.07) is 0. The number of rotatable bonds is 3. The Morgan fingerprint density at radius 1 is 1.83 bits per heavy atom. The summed E-state index contributed by atoms with van der Waals surface area (Å²) in [6.07, 6.45) is 7.42. The molecule has 1 atom stereocenters. The lowest BCUT2D eigenvalue weighted by atomic mass is 10.0. The summed E-state index contributed by atoms with van der Waals surface area (Å²) in [5, 5.41) is 0. The Bertz CT molecular complexity index is 233. The summed E-state index contributed by atoms with van der Waals surface area (Å²) in [4.78, 5) is 10.8. The maximum Gasteiger partial charge on any atom is 0.143 e. The van der Waals surface area contributed by atoms with Gasteiger partial charge in [0.2, 0.25) is 0 Å². The van der Waals surface area contributed by atoms with Crippen LogP contribution in [0, 0.1) is 0 Å². The van der Waals surface area contributed by atoms with Crippen molar-refractivity contribution in [3.63, 3.8) is 0 Å². The molecule has 1 rings (SSSR count). The van der Waals surface area contributed by atoms with E-state index in [-0.39, 0.29) is 0 Å². The first-order chi connectivity index (χ1) is 5.73. The van der Waals surface area contributed by atoms with Crippen LogP contribution >= 0.6 is 22.6 Å². The summed E-state index contributed by atoms with van der Waals surface area (Å²) >= 11 is 2.13. The molecule has 1 unspecified atom stereocenters. The molecular formula is C9H11IO2. The van der Waals surface area contributed by atoms with Gasteiger partial charge >= 0.3 is 0 Å². The van der Waals surface area contributed by atoms with Crippen molar-refractivity contribution in [1.29, 1.82) is 0 Å². The van der Waals surface area contributed by atoms with E-state index in [1.54, 1.807) is 0 Å². The zero-order chi connectivity index (χ0) is 9.03. The van der Waals surface area contributed by atoms with E-state index in [0.29, 0.717) is 6.61 Å². The number of ether oxygens (including phenoxy) is 1. The van der Waals surface area contributed by atoms with Crippen LogP contribution in [0.4, 0.5) is 0 Å². The second-order valence-electron chi connectivity index (χ2n) is 2.58. The highest BCUT2D eigenvalue weighted by Gasteiger charge is 2.32. The molecule has 1 aliphatic rings. The molecule has 0 saturated heterocycles. The number of alkyl halides is 1. The van der Waals surface area contributed by atoms with Gasteiger partial charge in [-0.05, 0) is 19.4 Å². The van der Waals surface area contributed by atoms with Crippen molar-refractivity contribution in [1.82, 2.24) is 0 Å². The van der Waals surface area contributed by atoms with Crippen LogP contribution in [0.1, 0.15) is 13.3 Å². The Hall–Kier alpha value is -0.320. The first kappa shape index (κ1) is 9.77. The van der Waals surface area contributed by atoms with Crippen LogP contribution in [0.15, 0.2) is 24.0 Å². The van der Waals surface area contributed by atoms with Crippen molar-refractivity contribution in [2.75, 3.05) is 6.61 Å². The Morgan fingerprint density at radius 3 is 3.17 bits per heavy atom. The van der Waals surface area contributed by atoms with Crippen LogP contribution in [0.25, 0.3) is 0 Å². The van der Waals surface area contributed by atoms with Crippen LogP contribution in [0.3, 0.4) is 0 Å². The first-order valence-electron chi connectivity index (χ1n) is 3.88. The molecule has 0 saturated carbocycles. The molecule has 0 spiro atoms. The van der Waals surface area contributed by atoms with Gasteiger partial charge in [-0.2, -0.15) is 0 Å². The third kappa shape index (κ3) is 1.88. The second kappa shape index (κ2) is 4.07. The molecule has 0 heterocycles. The molecule has 1 aliphatic carbocycles. The Labute approximate surface area is 85.8 Å². The fraction of sp³-hybridized carbons (Fsp3) is 0.444. The zero-order valence-corrected chi connectivity index (χ0v) is 9.08. The predicted octanol–water partition coefficient (Wildman–Crippen LogP) is 2.24. The van der Waals surface area contributed by atoms with Gasteiger partial charge < -0.3 is 9.53 Å². The lowest BCUT2D eigenvalue weighted by Crippen LogP contribution is -2.27. The van der Waals surface area contributed by atoms with E-state index in [4.69, 9.17) is 4.74 Å². The SMILES string of the molecule is CCOC1=CC=CCC1(I)C=O. The van der Waals surface area contributed by atoms with Gasteiger partial charge in [0.25, 0.3) is 0 Å². The number of carbonyl (C=O) groups is 1. The number of allylic oxidation sites excluding steroid dienone is 4. The largest absolute Gasteiger partial charge is 0.496 e. The van der Waals surface area contributed by atoms with Crippen molar-refractivity contribution in [3.8, 4) is 0 Å². The lowest BCUT2D eigenvalue weighted by molar-refractivity contribution is -0.109. The average molecular weight is 278 g/mol. The molecule has 2 nitrogen and oxygen atoms in total. The fourth-order valence-electron chi connectivity index (χ4n) is 1.06. The number of carbonyl (C=O) groups excluding carboxylic acids is 1. The quantitative estimate of drug-likeness (QED) is 0.449. The molecule has 0 radical (unpaired) electrons. The molecule has 66 valence electrons. The summed E-state index contributed by atoms with van der Waals surface area (Å²) in [6.45, 7) is 2.53. The minimum absolute atomic E-state index is 0.470. The van der Waals surface area contributed by atoms with Crippen LogP contribution in [-0.2, 0) is 9.53 Å². The summed E-state index contributed by atoms with van der Waals surface area (Å²) in [5.41, 5.74) is 0. The van der Waals surface area contributed by atoms with E-state index in [9.17, 15) is 4.79 Å². The van der Waals surface area contributed by atoms with Crippen LogP contribution in [-0.4, -0.2) is 16.3 Å². The van der Waals surface area contributed by atoms with Crippen molar-refractivity contribution < 1.29 is 9.53 Å². The lowest BCUT2D eigenvalue weighted by Gasteiger charge is -2.24. The number of hydrogen-bond donors (Lipinski definition) is 0. The average Bonchev–Trinajstić information content (AvgIpc) is 2.10. The molecule has 3 heteroatoms. The Morgan fingerprint density at radius 2 is 2.58 bits per heavy atom. The molecular weight excluding hydrogens is 267 g/mol. The number of hydrogen-bond acceptors (Lipinski definition) is 2. The van der Waals surface area contributed by atoms with E-state index >= 15 is 0 Å². The molecule has 0 aliphatic heterocycles. The van der Waals surface area contributed by atoms with Crippen LogP contribution in [0.2, 0.25) is 0 Å². The number of halogens is 1. The van der Waals surface area contributed by atoms with E-state index in [0.717, 1.165) is 18.5 Å². The van der Waals surface area contributed by atoms with Crippen molar-refractivity contribution in [2.24, 2.45) is 0 Å². The highest BCUT2D eigenvalue weighted by Crippen LogP contribution is 2.33. The Kier molecular flexibility index (Phi) is 3.31. The standard InChI is InChI=1S/C9H11IO2/c1-2-12-8-5-3-4-6-9(8,10)7-11/h3-5,7H,2,6H2,1H3. The van der Waals surface area contributed by atoms with Gasteiger partial charge in [0.1, 0.15) is 15.5 Å². The van der Waals surface area contributed by atoms with E-state index < -0.39 is 3.42 Å². The van der Waals surface area contributed by atoms with Gasteiger partial charge in [0.05, 0.1) is 6.61 Å². The van der Waals surface area contributed by atoms with E-state index in [2.05, 4.69) is 22.6 Å². The molecule has 0 aromatic heterocycles. The topological polar surface area (TPSA) is 26.3 Å².